The van der Waals surface area contributed by atoms with E-state index in [4.69, 9.17) is 14.5 Å². The van der Waals surface area contributed by atoms with E-state index in [-0.39, 0.29) is 24.9 Å². The summed E-state index contributed by atoms with van der Waals surface area (Å²) >= 11 is 0. The number of carbonyl (C=O) groups is 3. The molecule has 0 spiro atoms. The fourth-order valence-electron chi connectivity index (χ4n) is 4.36. The summed E-state index contributed by atoms with van der Waals surface area (Å²) in [6.07, 6.45) is 3.67. The summed E-state index contributed by atoms with van der Waals surface area (Å²) in [6.45, 7) is 2.17. The molecule has 0 aromatic heterocycles. The first kappa shape index (κ1) is 28.6. The molecule has 0 bridgehead atoms. The van der Waals surface area contributed by atoms with E-state index in [1.165, 1.54) is 5.56 Å². The van der Waals surface area contributed by atoms with Gasteiger partial charge in [0.2, 0.25) is 0 Å². The quantitative estimate of drug-likeness (QED) is 0.135. The molecule has 3 aromatic rings. The van der Waals surface area contributed by atoms with Gasteiger partial charge in [-0.1, -0.05) is 104 Å². The first-order chi connectivity index (χ1) is 18.6. The van der Waals surface area contributed by atoms with Crippen LogP contribution in [0.25, 0.3) is 0 Å². The van der Waals surface area contributed by atoms with Crippen molar-refractivity contribution in [1.29, 1.82) is 0 Å². The second kappa shape index (κ2) is 16.0. The van der Waals surface area contributed by atoms with E-state index in [1.54, 1.807) is 0 Å². The zero-order valence-corrected chi connectivity index (χ0v) is 21.9. The molecule has 6 nitrogen and oxygen atoms in total. The maximum atomic E-state index is 12.7. The smallest absolute Gasteiger partial charge is 0.362 e. The van der Waals surface area contributed by atoms with Crippen LogP contribution in [0.1, 0.15) is 74.0 Å². The zero-order valence-electron chi connectivity index (χ0n) is 21.9. The molecule has 0 heterocycles. The molecule has 3 aromatic carbocycles. The van der Waals surface area contributed by atoms with Gasteiger partial charge in [0.1, 0.15) is 0 Å². The van der Waals surface area contributed by atoms with Crippen LogP contribution in [0.3, 0.4) is 0 Å². The summed E-state index contributed by atoms with van der Waals surface area (Å²) in [5.74, 6) is -2.25. The molecule has 3 rings (SSSR count). The zero-order chi connectivity index (χ0) is 27.0. The summed E-state index contributed by atoms with van der Waals surface area (Å²) in [7, 11) is 0. The SMILES string of the molecule is CCCC(C(=O)OOC(=O)CC(CCOC(=O)CCCc1ccccc1)c1ccccc1)c1ccccc1. The van der Waals surface area contributed by atoms with E-state index in [2.05, 4.69) is 0 Å². The molecule has 2 atom stereocenters. The number of aryl methyl sites for hydroxylation is 1. The van der Waals surface area contributed by atoms with Crippen molar-refractivity contribution in [2.45, 2.75) is 63.7 Å². The van der Waals surface area contributed by atoms with Crippen molar-refractivity contribution in [3.05, 3.63) is 108 Å². The molecule has 0 saturated carbocycles. The molecular weight excluding hydrogens is 480 g/mol. The maximum Gasteiger partial charge on any atom is 0.362 e. The van der Waals surface area contributed by atoms with Gasteiger partial charge in [0, 0.05) is 6.42 Å². The number of carbonyl (C=O) groups excluding carboxylic acids is 3. The van der Waals surface area contributed by atoms with Crippen LogP contribution in [0.4, 0.5) is 0 Å². The number of benzene rings is 3. The van der Waals surface area contributed by atoms with Gasteiger partial charge in [-0.15, -0.1) is 0 Å². The number of rotatable bonds is 14. The molecule has 0 aliphatic rings. The molecule has 2 unspecified atom stereocenters. The summed E-state index contributed by atoms with van der Waals surface area (Å²) < 4.78 is 5.44. The Kier molecular flexibility index (Phi) is 12.1. The number of ether oxygens (including phenoxy) is 1. The number of hydrogen-bond acceptors (Lipinski definition) is 6. The third-order valence-corrected chi connectivity index (χ3v) is 6.38. The third kappa shape index (κ3) is 9.85. The van der Waals surface area contributed by atoms with Gasteiger partial charge in [0.25, 0.3) is 0 Å². The Labute approximate surface area is 224 Å². The van der Waals surface area contributed by atoms with E-state index in [0.717, 1.165) is 24.0 Å². The Bertz CT molecular complexity index is 1110. The Morgan fingerprint density at radius 3 is 1.95 bits per heavy atom. The maximum absolute atomic E-state index is 12.7. The Balaban J connectivity index is 1.47. The standard InChI is InChI=1S/C32H36O6/c1-2-13-29(27-19-10-5-11-20-27)32(35)38-37-31(34)24-28(26-17-8-4-9-18-26)22-23-36-30(33)21-12-16-25-14-6-3-7-15-25/h3-11,14-15,17-20,28-29H,2,12-13,16,21-24H2,1H3. The second-order valence-corrected chi connectivity index (χ2v) is 9.27. The lowest BCUT2D eigenvalue weighted by Gasteiger charge is -2.17. The van der Waals surface area contributed by atoms with Crippen molar-refractivity contribution in [3.8, 4) is 0 Å². The van der Waals surface area contributed by atoms with Gasteiger partial charge in [-0.05, 0) is 48.3 Å². The topological polar surface area (TPSA) is 78.9 Å². The highest BCUT2D eigenvalue weighted by atomic mass is 17.2. The van der Waals surface area contributed by atoms with Crippen molar-refractivity contribution < 1.29 is 28.9 Å². The van der Waals surface area contributed by atoms with Gasteiger partial charge >= 0.3 is 17.9 Å². The molecular formula is C32H36O6. The van der Waals surface area contributed by atoms with Crippen LogP contribution in [-0.2, 0) is 35.3 Å². The molecule has 0 N–H and O–H groups in total. The minimum absolute atomic E-state index is 0.00731. The molecule has 0 radical (unpaired) electrons. The van der Waals surface area contributed by atoms with Crippen LogP contribution in [0, 0.1) is 0 Å². The van der Waals surface area contributed by atoms with Crippen LogP contribution in [-0.4, -0.2) is 24.5 Å². The lowest BCUT2D eigenvalue weighted by atomic mass is 9.93. The molecule has 200 valence electrons. The van der Waals surface area contributed by atoms with Crippen LogP contribution >= 0.6 is 0 Å². The number of esters is 1. The van der Waals surface area contributed by atoms with Crippen LogP contribution < -0.4 is 0 Å². The molecule has 0 aliphatic heterocycles. The second-order valence-electron chi connectivity index (χ2n) is 9.27. The van der Waals surface area contributed by atoms with Gasteiger partial charge in [0.15, 0.2) is 0 Å². The van der Waals surface area contributed by atoms with E-state index in [0.29, 0.717) is 25.7 Å². The molecule has 0 amide bonds. The van der Waals surface area contributed by atoms with Gasteiger partial charge in [0.05, 0.1) is 18.9 Å². The van der Waals surface area contributed by atoms with Crippen molar-refractivity contribution in [3.63, 3.8) is 0 Å². The highest BCUT2D eigenvalue weighted by Crippen LogP contribution is 2.26. The van der Waals surface area contributed by atoms with Crippen LogP contribution in [0.5, 0.6) is 0 Å². The van der Waals surface area contributed by atoms with E-state index in [1.807, 2.05) is 97.9 Å². The molecule has 38 heavy (non-hydrogen) atoms. The molecule has 0 aliphatic carbocycles. The van der Waals surface area contributed by atoms with Gasteiger partial charge < -0.3 is 4.74 Å². The fourth-order valence-corrected chi connectivity index (χ4v) is 4.36. The monoisotopic (exact) mass is 516 g/mol. The molecule has 0 saturated heterocycles. The van der Waals surface area contributed by atoms with Crippen molar-refractivity contribution in [2.24, 2.45) is 0 Å². The van der Waals surface area contributed by atoms with Crippen LogP contribution in [0.15, 0.2) is 91.0 Å². The van der Waals surface area contributed by atoms with Crippen LogP contribution in [0.2, 0.25) is 0 Å². The molecule has 0 fully saturated rings. The first-order valence-electron chi connectivity index (χ1n) is 13.3. The summed E-state index contributed by atoms with van der Waals surface area (Å²) in [4.78, 5) is 47.4. The number of hydrogen-bond donors (Lipinski definition) is 0. The summed E-state index contributed by atoms with van der Waals surface area (Å²) in [6, 6.07) is 28.8. The minimum Gasteiger partial charge on any atom is -0.466 e. The Hall–Kier alpha value is -3.93. The lowest BCUT2D eigenvalue weighted by Crippen LogP contribution is -2.20. The normalized spacial score (nSPS) is 12.2. The lowest BCUT2D eigenvalue weighted by molar-refractivity contribution is -0.260. The largest absolute Gasteiger partial charge is 0.466 e. The Morgan fingerprint density at radius 1 is 0.711 bits per heavy atom. The predicted octanol–water partition coefficient (Wildman–Crippen LogP) is 6.70. The highest BCUT2D eigenvalue weighted by Gasteiger charge is 2.25. The van der Waals surface area contributed by atoms with Gasteiger partial charge in [-0.25, -0.2) is 19.4 Å². The summed E-state index contributed by atoms with van der Waals surface area (Å²) in [5, 5.41) is 0. The highest BCUT2D eigenvalue weighted by molar-refractivity contribution is 5.79. The van der Waals surface area contributed by atoms with E-state index >= 15 is 0 Å². The summed E-state index contributed by atoms with van der Waals surface area (Å²) in [5.41, 5.74) is 2.93. The van der Waals surface area contributed by atoms with E-state index < -0.39 is 17.9 Å². The van der Waals surface area contributed by atoms with Crippen molar-refractivity contribution in [2.75, 3.05) is 6.61 Å². The van der Waals surface area contributed by atoms with Gasteiger partial charge in [-0.2, -0.15) is 0 Å². The van der Waals surface area contributed by atoms with Crippen molar-refractivity contribution >= 4 is 17.9 Å². The Morgan fingerprint density at radius 2 is 1.32 bits per heavy atom. The first-order valence-corrected chi connectivity index (χ1v) is 13.3. The third-order valence-electron chi connectivity index (χ3n) is 6.38. The average Bonchev–Trinajstić information content (AvgIpc) is 2.95. The van der Waals surface area contributed by atoms with Crippen molar-refractivity contribution in [1.82, 2.24) is 0 Å². The van der Waals surface area contributed by atoms with E-state index in [9.17, 15) is 14.4 Å². The van der Waals surface area contributed by atoms with Gasteiger partial charge in [-0.3, -0.25) is 4.79 Å². The minimum atomic E-state index is -0.648. The molecule has 6 heteroatoms. The average molecular weight is 517 g/mol. The fraction of sp³-hybridized carbons (Fsp3) is 0.344. The predicted molar refractivity (Wildman–Crippen MR) is 145 cm³/mol.